The van der Waals surface area contributed by atoms with Crippen LogP contribution < -0.4 is 0 Å². The standard InChI is InChI=1S/C12H24N2S/c1-11-8-14(7-6-13(11)2)9-12(10-15)4-3-5-12/h11,15H,3-10H2,1-2H3. The highest BCUT2D eigenvalue weighted by Crippen LogP contribution is 2.42. The lowest BCUT2D eigenvalue weighted by molar-refractivity contribution is 0.0397. The molecule has 2 fully saturated rings. The number of likely N-dealkylation sites (N-methyl/N-ethyl adjacent to an activating group) is 1. The van der Waals surface area contributed by atoms with Crippen LogP contribution in [0.3, 0.4) is 0 Å². The zero-order valence-electron chi connectivity index (χ0n) is 10.1. The van der Waals surface area contributed by atoms with Gasteiger partial charge in [-0.15, -0.1) is 0 Å². The molecule has 1 aliphatic carbocycles. The highest BCUT2D eigenvalue weighted by atomic mass is 32.1. The number of piperazine rings is 1. The molecule has 0 amide bonds. The molecule has 2 rings (SSSR count). The quantitative estimate of drug-likeness (QED) is 0.735. The number of nitrogens with zero attached hydrogens (tertiary/aromatic N) is 2. The Bertz CT molecular complexity index is 210. The van der Waals surface area contributed by atoms with E-state index in [-0.39, 0.29) is 0 Å². The van der Waals surface area contributed by atoms with Crippen molar-refractivity contribution in [3.8, 4) is 0 Å². The average Bonchev–Trinajstić information content (AvgIpc) is 2.17. The summed E-state index contributed by atoms with van der Waals surface area (Å²) < 4.78 is 0. The molecule has 0 aromatic heterocycles. The molecular formula is C12H24N2S. The number of thiol groups is 1. The van der Waals surface area contributed by atoms with Gasteiger partial charge in [-0.2, -0.15) is 12.6 Å². The van der Waals surface area contributed by atoms with E-state index in [0.29, 0.717) is 5.41 Å². The van der Waals surface area contributed by atoms with Crippen molar-refractivity contribution in [3.63, 3.8) is 0 Å². The van der Waals surface area contributed by atoms with E-state index in [0.717, 1.165) is 11.8 Å². The molecule has 0 N–H and O–H groups in total. The van der Waals surface area contributed by atoms with Gasteiger partial charge < -0.3 is 4.90 Å². The maximum atomic E-state index is 4.54. The van der Waals surface area contributed by atoms with Gasteiger partial charge in [-0.25, -0.2) is 0 Å². The van der Waals surface area contributed by atoms with Crippen molar-refractivity contribution in [1.29, 1.82) is 0 Å². The summed E-state index contributed by atoms with van der Waals surface area (Å²) in [5, 5.41) is 0. The molecule has 15 heavy (non-hydrogen) atoms. The van der Waals surface area contributed by atoms with Crippen LogP contribution in [-0.4, -0.2) is 54.8 Å². The van der Waals surface area contributed by atoms with Crippen molar-refractivity contribution < 1.29 is 0 Å². The fourth-order valence-electron chi connectivity index (χ4n) is 2.78. The lowest BCUT2D eigenvalue weighted by Crippen LogP contribution is -2.54. The minimum Gasteiger partial charge on any atom is -0.301 e. The van der Waals surface area contributed by atoms with E-state index in [4.69, 9.17) is 0 Å². The second kappa shape index (κ2) is 4.64. The summed E-state index contributed by atoms with van der Waals surface area (Å²) in [6, 6.07) is 0.718. The molecule has 1 aliphatic heterocycles. The van der Waals surface area contributed by atoms with Gasteiger partial charge in [-0.05, 0) is 38.0 Å². The van der Waals surface area contributed by atoms with Crippen molar-refractivity contribution in [3.05, 3.63) is 0 Å². The zero-order chi connectivity index (χ0) is 10.9. The van der Waals surface area contributed by atoms with Gasteiger partial charge in [0.25, 0.3) is 0 Å². The molecule has 88 valence electrons. The van der Waals surface area contributed by atoms with E-state index < -0.39 is 0 Å². The third kappa shape index (κ3) is 2.51. The molecule has 0 aromatic carbocycles. The first-order chi connectivity index (χ1) is 7.15. The van der Waals surface area contributed by atoms with Crippen LogP contribution in [0.5, 0.6) is 0 Å². The minimum absolute atomic E-state index is 0.568. The van der Waals surface area contributed by atoms with E-state index in [2.05, 4.69) is 36.4 Å². The fraction of sp³-hybridized carbons (Fsp3) is 1.00. The molecule has 3 heteroatoms. The van der Waals surface area contributed by atoms with Crippen molar-refractivity contribution in [2.75, 3.05) is 39.0 Å². The SMILES string of the molecule is CC1CN(CC2(CS)CCC2)CCN1C. The summed E-state index contributed by atoms with van der Waals surface area (Å²) in [6.45, 7) is 7.33. The predicted octanol–water partition coefficient (Wildman–Crippen LogP) is 1.72. The van der Waals surface area contributed by atoms with Crippen LogP contribution >= 0.6 is 12.6 Å². The Hall–Kier alpha value is 0.270. The monoisotopic (exact) mass is 228 g/mol. The smallest absolute Gasteiger partial charge is 0.0192 e. The molecule has 1 saturated heterocycles. The normalized spacial score (nSPS) is 32.6. The predicted molar refractivity (Wildman–Crippen MR) is 68.7 cm³/mol. The van der Waals surface area contributed by atoms with E-state index >= 15 is 0 Å². The van der Waals surface area contributed by atoms with Gasteiger partial charge in [0, 0.05) is 32.2 Å². The fourth-order valence-corrected chi connectivity index (χ4v) is 3.20. The Labute approximate surface area is 99.4 Å². The Balaban J connectivity index is 1.84. The summed E-state index contributed by atoms with van der Waals surface area (Å²) in [6.07, 6.45) is 4.22. The molecule has 1 atom stereocenters. The molecule has 1 unspecified atom stereocenters. The summed E-state index contributed by atoms with van der Waals surface area (Å²) in [5.41, 5.74) is 0.568. The van der Waals surface area contributed by atoms with Crippen LogP contribution in [0.15, 0.2) is 0 Å². The minimum atomic E-state index is 0.568. The Morgan fingerprint density at radius 1 is 1.33 bits per heavy atom. The van der Waals surface area contributed by atoms with E-state index in [9.17, 15) is 0 Å². The Morgan fingerprint density at radius 2 is 2.07 bits per heavy atom. The summed E-state index contributed by atoms with van der Waals surface area (Å²) >= 11 is 4.54. The van der Waals surface area contributed by atoms with Crippen LogP contribution in [0.2, 0.25) is 0 Å². The van der Waals surface area contributed by atoms with Crippen molar-refractivity contribution in [2.45, 2.75) is 32.2 Å². The topological polar surface area (TPSA) is 6.48 Å². The number of rotatable bonds is 3. The summed E-state index contributed by atoms with van der Waals surface area (Å²) in [7, 11) is 2.24. The van der Waals surface area contributed by atoms with Crippen LogP contribution in [0.4, 0.5) is 0 Å². The van der Waals surface area contributed by atoms with Gasteiger partial charge in [-0.3, -0.25) is 4.90 Å². The number of hydrogen-bond donors (Lipinski definition) is 1. The molecule has 0 aromatic rings. The molecule has 0 spiro atoms. The second-order valence-corrected chi connectivity index (χ2v) is 5.89. The van der Waals surface area contributed by atoms with Crippen molar-refractivity contribution in [2.24, 2.45) is 5.41 Å². The van der Waals surface area contributed by atoms with E-state index in [1.807, 2.05) is 0 Å². The summed E-state index contributed by atoms with van der Waals surface area (Å²) in [5.74, 6) is 1.08. The third-order valence-electron chi connectivity index (χ3n) is 4.35. The molecule has 1 saturated carbocycles. The molecule has 1 heterocycles. The first-order valence-corrected chi connectivity index (χ1v) is 6.82. The van der Waals surface area contributed by atoms with Gasteiger partial charge in [0.1, 0.15) is 0 Å². The first kappa shape index (κ1) is 11.7. The largest absolute Gasteiger partial charge is 0.301 e. The molecule has 0 radical (unpaired) electrons. The van der Waals surface area contributed by atoms with Gasteiger partial charge in [0.2, 0.25) is 0 Å². The Morgan fingerprint density at radius 3 is 2.53 bits per heavy atom. The van der Waals surface area contributed by atoms with Gasteiger partial charge >= 0.3 is 0 Å². The maximum absolute atomic E-state index is 4.54. The zero-order valence-corrected chi connectivity index (χ0v) is 11.0. The first-order valence-electron chi connectivity index (χ1n) is 6.19. The highest BCUT2D eigenvalue weighted by molar-refractivity contribution is 7.80. The van der Waals surface area contributed by atoms with E-state index in [1.165, 1.54) is 45.4 Å². The molecule has 0 bridgehead atoms. The van der Waals surface area contributed by atoms with Gasteiger partial charge in [0.15, 0.2) is 0 Å². The van der Waals surface area contributed by atoms with Gasteiger partial charge in [-0.1, -0.05) is 6.42 Å². The van der Waals surface area contributed by atoms with Crippen LogP contribution in [-0.2, 0) is 0 Å². The molecule has 2 aliphatic rings. The molecule has 2 nitrogen and oxygen atoms in total. The van der Waals surface area contributed by atoms with Crippen LogP contribution in [0, 0.1) is 5.41 Å². The lowest BCUT2D eigenvalue weighted by atomic mass is 9.70. The summed E-state index contributed by atoms with van der Waals surface area (Å²) in [4.78, 5) is 5.12. The second-order valence-electron chi connectivity index (χ2n) is 5.58. The molecular weight excluding hydrogens is 204 g/mol. The number of hydrogen-bond acceptors (Lipinski definition) is 3. The average molecular weight is 228 g/mol. The maximum Gasteiger partial charge on any atom is 0.0192 e. The van der Waals surface area contributed by atoms with Crippen LogP contribution in [0.25, 0.3) is 0 Å². The van der Waals surface area contributed by atoms with Crippen LogP contribution in [0.1, 0.15) is 26.2 Å². The van der Waals surface area contributed by atoms with Crippen molar-refractivity contribution >= 4 is 12.6 Å². The van der Waals surface area contributed by atoms with E-state index in [1.54, 1.807) is 0 Å². The third-order valence-corrected chi connectivity index (χ3v) is 5.02. The lowest BCUT2D eigenvalue weighted by Gasteiger charge is -2.47. The van der Waals surface area contributed by atoms with Crippen molar-refractivity contribution in [1.82, 2.24) is 9.80 Å². The highest BCUT2D eigenvalue weighted by Gasteiger charge is 2.38. The van der Waals surface area contributed by atoms with Gasteiger partial charge in [0.05, 0.1) is 0 Å². The Kier molecular flexibility index (Phi) is 3.63.